The van der Waals surface area contributed by atoms with E-state index in [1.165, 1.54) is 0 Å². The Bertz CT molecular complexity index is 322. The number of carbonyl (C=O) groups is 1. The predicted octanol–water partition coefficient (Wildman–Crippen LogP) is 3.13. The first kappa shape index (κ1) is 18.8. The molecule has 3 N–H and O–H groups in total. The Hall–Kier alpha value is -0.220. The van der Waals surface area contributed by atoms with Gasteiger partial charge in [-0.1, -0.05) is 27.7 Å². The molecule has 0 aromatic heterocycles. The van der Waals surface area contributed by atoms with Crippen molar-refractivity contribution in [1.82, 2.24) is 5.32 Å². The molecule has 0 aromatic rings. The maximum Gasteiger partial charge on any atom is 0.226 e. The van der Waals surface area contributed by atoms with Gasteiger partial charge in [-0.05, 0) is 40.5 Å². The van der Waals surface area contributed by atoms with Gasteiger partial charge in [0.15, 0.2) is 0 Å². The topological polar surface area (TPSA) is 55.1 Å². The zero-order chi connectivity index (χ0) is 15.7. The van der Waals surface area contributed by atoms with E-state index in [0.29, 0.717) is 0 Å². The second kappa shape index (κ2) is 5.65. The van der Waals surface area contributed by atoms with Crippen LogP contribution in [0.25, 0.3) is 0 Å². The molecule has 0 atom stereocenters. The molecule has 0 radical (unpaired) electrons. The monoisotopic (exact) mass is 288 g/mol. The van der Waals surface area contributed by atoms with E-state index >= 15 is 0 Å². The molecule has 0 aliphatic heterocycles. The number of hydrogen-bond acceptors (Lipinski definition) is 3. The minimum atomic E-state index is -0.443. The summed E-state index contributed by atoms with van der Waals surface area (Å²) in [5.74, 6) is 0.0591. The van der Waals surface area contributed by atoms with E-state index in [2.05, 4.69) is 17.9 Å². The summed E-state index contributed by atoms with van der Waals surface area (Å²) < 4.78 is -0.169. The van der Waals surface area contributed by atoms with Gasteiger partial charge in [0, 0.05) is 21.2 Å². The van der Waals surface area contributed by atoms with Crippen LogP contribution in [-0.2, 0) is 4.79 Å². The van der Waals surface area contributed by atoms with Crippen molar-refractivity contribution in [2.75, 3.05) is 0 Å². The Balaban J connectivity index is 4.76. The van der Waals surface area contributed by atoms with E-state index in [9.17, 15) is 4.79 Å². The fourth-order valence-electron chi connectivity index (χ4n) is 2.82. The van der Waals surface area contributed by atoms with E-state index in [1.807, 2.05) is 55.4 Å². The average Bonchev–Trinajstić information content (AvgIpc) is 1.91. The zero-order valence-electron chi connectivity index (χ0n) is 13.8. The first-order valence-electron chi connectivity index (χ1n) is 6.88. The molecular formula is C15H32N2OS. The van der Waals surface area contributed by atoms with E-state index in [1.54, 1.807) is 0 Å². The molecule has 0 rings (SSSR count). The fourth-order valence-corrected chi connectivity index (χ4v) is 3.22. The molecule has 0 saturated heterocycles. The number of thiol groups is 1. The largest absolute Gasteiger partial charge is 0.351 e. The van der Waals surface area contributed by atoms with Crippen molar-refractivity contribution in [3.8, 4) is 0 Å². The molecule has 1 amide bonds. The lowest BCUT2D eigenvalue weighted by molar-refractivity contribution is -0.131. The van der Waals surface area contributed by atoms with Crippen LogP contribution in [0.3, 0.4) is 0 Å². The first-order chi connectivity index (χ1) is 8.04. The van der Waals surface area contributed by atoms with Crippen molar-refractivity contribution in [2.24, 2.45) is 11.1 Å². The summed E-state index contributed by atoms with van der Waals surface area (Å²) in [5.41, 5.74) is 4.99. The SMILES string of the molecule is CC(C)(N)CC(C)(C)NC(=O)C(C)(C)CC(C)(C)S. The van der Waals surface area contributed by atoms with Crippen LogP contribution in [0.15, 0.2) is 0 Å². The third-order valence-electron chi connectivity index (χ3n) is 2.84. The van der Waals surface area contributed by atoms with Crippen LogP contribution in [-0.4, -0.2) is 21.7 Å². The van der Waals surface area contributed by atoms with Crippen LogP contribution in [0.2, 0.25) is 0 Å². The van der Waals surface area contributed by atoms with E-state index in [4.69, 9.17) is 5.73 Å². The number of nitrogens with two attached hydrogens (primary N) is 1. The summed E-state index contributed by atoms with van der Waals surface area (Å²) in [5, 5.41) is 3.12. The highest BCUT2D eigenvalue weighted by Gasteiger charge is 2.36. The number of rotatable bonds is 6. The average molecular weight is 289 g/mol. The highest BCUT2D eigenvalue weighted by atomic mass is 32.1. The van der Waals surface area contributed by atoms with Crippen LogP contribution < -0.4 is 11.1 Å². The maximum atomic E-state index is 12.5. The summed E-state index contributed by atoms with van der Waals surface area (Å²) in [7, 11) is 0. The lowest BCUT2D eigenvalue weighted by atomic mass is 9.80. The van der Waals surface area contributed by atoms with Gasteiger partial charge in [-0.2, -0.15) is 12.6 Å². The lowest BCUT2D eigenvalue weighted by Gasteiger charge is -2.37. The van der Waals surface area contributed by atoms with Gasteiger partial charge in [-0.25, -0.2) is 0 Å². The van der Waals surface area contributed by atoms with Gasteiger partial charge in [0.1, 0.15) is 0 Å². The lowest BCUT2D eigenvalue weighted by Crippen LogP contribution is -2.54. The van der Waals surface area contributed by atoms with Crippen molar-refractivity contribution < 1.29 is 4.79 Å². The van der Waals surface area contributed by atoms with Crippen LogP contribution in [0.1, 0.15) is 68.2 Å². The summed E-state index contributed by atoms with van der Waals surface area (Å²) in [6.45, 7) is 16.0. The molecule has 19 heavy (non-hydrogen) atoms. The van der Waals surface area contributed by atoms with Gasteiger partial charge in [-0.3, -0.25) is 4.79 Å². The number of nitrogens with one attached hydrogen (secondary N) is 1. The number of carbonyl (C=O) groups excluding carboxylic acids is 1. The maximum absolute atomic E-state index is 12.5. The molecule has 0 saturated carbocycles. The molecule has 114 valence electrons. The Labute approximate surface area is 124 Å². The van der Waals surface area contributed by atoms with Crippen LogP contribution in [0.5, 0.6) is 0 Å². The molecule has 0 aliphatic carbocycles. The zero-order valence-corrected chi connectivity index (χ0v) is 14.7. The van der Waals surface area contributed by atoms with E-state index in [-0.39, 0.29) is 21.7 Å². The van der Waals surface area contributed by atoms with Gasteiger partial charge >= 0.3 is 0 Å². The third kappa shape index (κ3) is 8.53. The molecule has 0 spiro atoms. The van der Waals surface area contributed by atoms with Gasteiger partial charge in [0.05, 0.1) is 0 Å². The predicted molar refractivity (Wildman–Crippen MR) is 86.6 cm³/mol. The fraction of sp³-hybridized carbons (Fsp3) is 0.933. The molecule has 0 unspecified atom stereocenters. The summed E-state index contributed by atoms with van der Waals surface area (Å²) in [4.78, 5) is 12.5. The van der Waals surface area contributed by atoms with Crippen LogP contribution in [0.4, 0.5) is 0 Å². The molecule has 0 aromatic carbocycles. The first-order valence-corrected chi connectivity index (χ1v) is 7.33. The molecule has 0 bridgehead atoms. The third-order valence-corrected chi connectivity index (χ3v) is 3.00. The summed E-state index contributed by atoms with van der Waals surface area (Å²) in [6.07, 6.45) is 1.45. The van der Waals surface area contributed by atoms with Crippen molar-refractivity contribution in [3.63, 3.8) is 0 Å². The van der Waals surface area contributed by atoms with Crippen molar-refractivity contribution in [1.29, 1.82) is 0 Å². The van der Waals surface area contributed by atoms with Gasteiger partial charge in [0.2, 0.25) is 5.91 Å². The molecular weight excluding hydrogens is 256 g/mol. The smallest absolute Gasteiger partial charge is 0.226 e. The molecule has 0 heterocycles. The highest BCUT2D eigenvalue weighted by molar-refractivity contribution is 7.81. The number of hydrogen-bond donors (Lipinski definition) is 3. The van der Waals surface area contributed by atoms with Crippen molar-refractivity contribution in [3.05, 3.63) is 0 Å². The Kier molecular flexibility index (Phi) is 5.58. The Morgan fingerprint density at radius 2 is 1.42 bits per heavy atom. The van der Waals surface area contributed by atoms with Crippen molar-refractivity contribution >= 4 is 18.5 Å². The Morgan fingerprint density at radius 1 is 1.00 bits per heavy atom. The molecule has 0 fully saturated rings. The van der Waals surface area contributed by atoms with Crippen LogP contribution >= 0.6 is 12.6 Å². The van der Waals surface area contributed by atoms with E-state index in [0.717, 1.165) is 12.8 Å². The normalized spacial score (nSPS) is 14.4. The summed E-state index contributed by atoms with van der Waals surface area (Å²) >= 11 is 4.52. The van der Waals surface area contributed by atoms with E-state index < -0.39 is 5.41 Å². The van der Waals surface area contributed by atoms with Crippen molar-refractivity contribution in [2.45, 2.75) is 84.1 Å². The highest BCUT2D eigenvalue weighted by Crippen LogP contribution is 2.32. The van der Waals surface area contributed by atoms with Crippen LogP contribution in [0, 0.1) is 5.41 Å². The van der Waals surface area contributed by atoms with Gasteiger partial charge in [0.25, 0.3) is 0 Å². The molecule has 3 nitrogen and oxygen atoms in total. The molecule has 4 heteroatoms. The minimum absolute atomic E-state index is 0.0591. The quantitative estimate of drug-likeness (QED) is 0.658. The Morgan fingerprint density at radius 3 is 1.74 bits per heavy atom. The van der Waals surface area contributed by atoms with Gasteiger partial charge in [-0.15, -0.1) is 0 Å². The minimum Gasteiger partial charge on any atom is -0.351 e. The molecule has 0 aliphatic rings. The summed E-state index contributed by atoms with van der Waals surface area (Å²) in [6, 6.07) is 0. The van der Waals surface area contributed by atoms with Gasteiger partial charge < -0.3 is 11.1 Å². The second-order valence-electron chi connectivity index (χ2n) is 8.38. The second-order valence-corrected chi connectivity index (χ2v) is 9.59. The number of amides is 1. The standard InChI is InChI=1S/C15H32N2OS/c1-12(2,9-15(7,8)19)11(18)17-14(5,6)10-13(3,4)16/h19H,9-10,16H2,1-8H3,(H,17,18).